The van der Waals surface area contributed by atoms with Gasteiger partial charge in [-0.25, -0.2) is 9.18 Å². The van der Waals surface area contributed by atoms with E-state index in [0.29, 0.717) is 11.4 Å². The molecule has 2 N–H and O–H groups in total. The van der Waals surface area contributed by atoms with Crippen molar-refractivity contribution in [2.75, 3.05) is 18.5 Å². The molecule has 0 aliphatic carbocycles. The minimum atomic E-state index is -6.43. The van der Waals surface area contributed by atoms with E-state index in [1.807, 2.05) is 0 Å². The molecule has 1 rings (SSSR count). The van der Waals surface area contributed by atoms with Crippen LogP contribution in [0.4, 0.5) is 41.2 Å². The van der Waals surface area contributed by atoms with Crippen molar-refractivity contribution in [2.45, 2.75) is 38.7 Å². The second kappa shape index (κ2) is 10.0. The first-order valence-electron chi connectivity index (χ1n) is 8.94. The monoisotopic (exact) mass is 476 g/mol. The average Bonchev–Trinajstić information content (AvgIpc) is 2.62. The van der Waals surface area contributed by atoms with Crippen LogP contribution in [0.3, 0.4) is 0 Å². The third-order valence-electron chi connectivity index (χ3n) is 4.13. The van der Waals surface area contributed by atoms with Gasteiger partial charge in [-0.3, -0.25) is 9.59 Å². The predicted octanol–water partition coefficient (Wildman–Crippen LogP) is 3.86. The number of amides is 2. The Labute approximate surface area is 177 Å². The lowest BCUT2D eigenvalue weighted by atomic mass is 9.81. The molecule has 0 saturated carbocycles. The number of alkyl halides is 6. The van der Waals surface area contributed by atoms with Crippen LogP contribution in [0.1, 0.15) is 19.4 Å². The van der Waals surface area contributed by atoms with Gasteiger partial charge in [-0.05, 0) is 38.5 Å². The molecule has 0 bridgehead atoms. The second-order valence-electron chi connectivity index (χ2n) is 6.28. The molecule has 0 aliphatic heterocycles. The molecule has 0 fully saturated rings. The van der Waals surface area contributed by atoms with Gasteiger partial charge in [-0.15, -0.1) is 0 Å². The van der Waals surface area contributed by atoms with Crippen LogP contribution in [0.2, 0.25) is 0 Å². The summed E-state index contributed by atoms with van der Waals surface area (Å²) >= 11 is 0. The minimum absolute atomic E-state index is 0.0958. The number of nitrogens with one attached hydrogen (secondary N) is 2. The molecular formula is C18H19F7N2O5. The Morgan fingerprint density at radius 1 is 0.938 bits per heavy atom. The molecule has 1 aromatic rings. The lowest BCUT2D eigenvalue weighted by molar-refractivity contribution is -0.317. The van der Waals surface area contributed by atoms with Crippen molar-refractivity contribution in [3.8, 4) is 0 Å². The van der Waals surface area contributed by atoms with Crippen LogP contribution in [-0.2, 0) is 19.1 Å². The largest absolute Gasteiger partial charge is 0.465 e. The minimum Gasteiger partial charge on any atom is -0.465 e. The molecule has 0 heterocycles. The number of hydrogen-bond acceptors (Lipinski definition) is 5. The third-order valence-corrected chi connectivity index (χ3v) is 4.13. The van der Waals surface area contributed by atoms with E-state index in [1.54, 1.807) is 5.32 Å². The first kappa shape index (κ1) is 27.0. The lowest BCUT2D eigenvalue weighted by Gasteiger charge is -2.40. The number of anilines is 1. The van der Waals surface area contributed by atoms with Crippen LogP contribution < -0.4 is 10.6 Å². The molecule has 0 radical (unpaired) electrons. The summed E-state index contributed by atoms with van der Waals surface area (Å²) in [7, 11) is 0. The van der Waals surface area contributed by atoms with Gasteiger partial charge in [0.05, 0.1) is 13.2 Å². The first-order valence-corrected chi connectivity index (χ1v) is 8.94. The number of ether oxygens (including phenoxy) is 2. The Hall–Kier alpha value is -3.06. The Morgan fingerprint density at radius 3 is 1.81 bits per heavy atom. The molecule has 1 aromatic carbocycles. The highest BCUT2D eigenvalue weighted by Crippen LogP contribution is 2.48. The van der Waals surface area contributed by atoms with Crippen molar-refractivity contribution in [3.05, 3.63) is 29.6 Å². The Bertz CT molecular complexity index is 823. The molecule has 0 aromatic heterocycles. The summed E-state index contributed by atoms with van der Waals surface area (Å²) in [4.78, 5) is 36.4. The number of benzene rings is 1. The topological polar surface area (TPSA) is 93.7 Å². The van der Waals surface area contributed by atoms with Gasteiger partial charge in [0.2, 0.25) is 0 Å². The van der Waals surface area contributed by atoms with Crippen molar-refractivity contribution in [3.63, 3.8) is 0 Å². The zero-order valence-corrected chi connectivity index (χ0v) is 16.9. The number of hydrogen-bond donors (Lipinski definition) is 2. The highest BCUT2D eigenvalue weighted by molar-refractivity contribution is 5.99. The van der Waals surface area contributed by atoms with E-state index in [-0.39, 0.29) is 5.56 Å². The van der Waals surface area contributed by atoms with Gasteiger partial charge in [0.15, 0.2) is 5.92 Å². The smallest absolute Gasteiger partial charge is 0.422 e. The normalized spacial score (nSPS) is 12.3. The van der Waals surface area contributed by atoms with E-state index < -0.39 is 66.5 Å². The van der Waals surface area contributed by atoms with Crippen LogP contribution in [0, 0.1) is 18.7 Å². The first-order chi connectivity index (χ1) is 14.6. The maximum absolute atomic E-state index is 13.9. The average molecular weight is 476 g/mol. The van der Waals surface area contributed by atoms with Crippen LogP contribution in [0.15, 0.2) is 18.2 Å². The highest BCUT2D eigenvalue weighted by atomic mass is 19.4. The molecule has 180 valence electrons. The fourth-order valence-electron chi connectivity index (χ4n) is 2.66. The van der Waals surface area contributed by atoms with Gasteiger partial charge in [0, 0.05) is 5.69 Å². The molecule has 0 atom stereocenters. The number of rotatable bonds is 7. The fourth-order valence-corrected chi connectivity index (χ4v) is 2.66. The van der Waals surface area contributed by atoms with Crippen molar-refractivity contribution in [1.82, 2.24) is 5.32 Å². The highest BCUT2D eigenvalue weighted by Gasteiger charge is 2.79. The van der Waals surface area contributed by atoms with E-state index in [1.165, 1.54) is 6.92 Å². The van der Waals surface area contributed by atoms with Gasteiger partial charge >= 0.3 is 30.3 Å². The zero-order valence-electron chi connectivity index (χ0n) is 16.9. The van der Waals surface area contributed by atoms with Crippen molar-refractivity contribution in [1.29, 1.82) is 0 Å². The Morgan fingerprint density at radius 2 is 1.41 bits per heavy atom. The van der Waals surface area contributed by atoms with Crippen LogP contribution in [-0.4, -0.2) is 49.1 Å². The number of carbonyl (C=O) groups is 3. The second-order valence-corrected chi connectivity index (χ2v) is 6.28. The van der Waals surface area contributed by atoms with E-state index in [0.717, 1.165) is 26.0 Å². The predicted molar refractivity (Wildman–Crippen MR) is 94.9 cm³/mol. The molecule has 32 heavy (non-hydrogen) atoms. The van der Waals surface area contributed by atoms with Gasteiger partial charge < -0.3 is 20.1 Å². The van der Waals surface area contributed by atoms with E-state index >= 15 is 0 Å². The summed E-state index contributed by atoms with van der Waals surface area (Å²) in [5, 5.41) is 2.31. The summed E-state index contributed by atoms with van der Waals surface area (Å²) in [6, 6.07) is 0.565. The number of halogens is 7. The van der Waals surface area contributed by atoms with Crippen LogP contribution in [0.5, 0.6) is 0 Å². The summed E-state index contributed by atoms with van der Waals surface area (Å²) in [5.74, 6) is -9.06. The van der Waals surface area contributed by atoms with Crippen LogP contribution >= 0.6 is 0 Å². The van der Waals surface area contributed by atoms with Crippen molar-refractivity contribution < 1.29 is 54.6 Å². The maximum atomic E-state index is 13.9. The number of esters is 2. The molecule has 0 saturated heterocycles. The fraction of sp³-hybridized carbons (Fsp3) is 0.500. The molecule has 2 amide bonds. The summed E-state index contributed by atoms with van der Waals surface area (Å²) in [5.41, 5.74) is -5.79. The number of aryl methyl sites for hydroxylation is 1. The quantitative estimate of drug-likeness (QED) is 0.354. The molecular weight excluding hydrogens is 457 g/mol. The summed E-state index contributed by atoms with van der Waals surface area (Å²) in [6.45, 7) is 2.10. The molecule has 0 aliphatic rings. The van der Waals surface area contributed by atoms with Gasteiger partial charge in [-0.2, -0.15) is 26.3 Å². The Kier molecular flexibility index (Phi) is 8.46. The summed E-state index contributed by atoms with van der Waals surface area (Å²) < 4.78 is 105. The van der Waals surface area contributed by atoms with Crippen molar-refractivity contribution >= 4 is 23.7 Å². The number of carbonyl (C=O) groups excluding carboxylic acids is 3. The summed E-state index contributed by atoms with van der Waals surface area (Å²) in [6.07, 6.45) is -12.9. The Balaban J connectivity index is 3.64. The van der Waals surface area contributed by atoms with Gasteiger partial charge in [0.25, 0.3) is 5.54 Å². The van der Waals surface area contributed by atoms with E-state index in [9.17, 15) is 45.1 Å². The standard InChI is InChI=1S/C18H19F7N2O5/c1-4-31-13(28)12(14(29)32-5-2)16(17(20,21)22,18(23,24)25)27-15(30)26-11-8-10(19)7-6-9(11)3/h6-8,12H,4-5H2,1-3H3,(H2,26,27,30). The SMILES string of the molecule is CCOC(=O)C(C(=O)OCC)C(NC(=O)Nc1cc(F)ccc1C)(C(F)(F)F)C(F)(F)F. The van der Waals surface area contributed by atoms with Gasteiger partial charge in [0.1, 0.15) is 5.82 Å². The molecule has 7 nitrogen and oxygen atoms in total. The van der Waals surface area contributed by atoms with Crippen LogP contribution in [0.25, 0.3) is 0 Å². The molecule has 0 unspecified atom stereocenters. The molecule has 0 spiro atoms. The number of urea groups is 1. The maximum Gasteiger partial charge on any atom is 0.422 e. The molecule has 14 heteroatoms. The van der Waals surface area contributed by atoms with Gasteiger partial charge in [-0.1, -0.05) is 6.07 Å². The van der Waals surface area contributed by atoms with E-state index in [2.05, 4.69) is 9.47 Å². The third kappa shape index (κ3) is 5.59. The zero-order chi connectivity index (χ0) is 24.9. The van der Waals surface area contributed by atoms with Crippen molar-refractivity contribution in [2.24, 2.45) is 5.92 Å². The lowest BCUT2D eigenvalue weighted by Crippen LogP contribution is -2.74. The van der Waals surface area contributed by atoms with E-state index in [4.69, 9.17) is 0 Å².